The van der Waals surface area contributed by atoms with Gasteiger partial charge in [-0.05, 0) is 45.5 Å². The maximum Gasteiger partial charge on any atom is 0.417 e. The maximum absolute atomic E-state index is 14.7. The van der Waals surface area contributed by atoms with Gasteiger partial charge in [-0.25, -0.2) is 9.37 Å². The van der Waals surface area contributed by atoms with E-state index in [9.17, 15) is 22.4 Å². The molecule has 0 spiro atoms. The normalized spacial score (nSPS) is 20.0. The highest BCUT2D eigenvalue weighted by Crippen LogP contribution is 2.37. The van der Waals surface area contributed by atoms with Gasteiger partial charge < -0.3 is 20.3 Å². The molecule has 1 unspecified atom stereocenters. The molecule has 1 amide bonds. The Kier molecular flexibility index (Phi) is 9.08. The fourth-order valence-electron chi connectivity index (χ4n) is 4.10. The first-order valence-electron chi connectivity index (χ1n) is 11.9. The maximum atomic E-state index is 14.7. The Morgan fingerprint density at radius 1 is 1.36 bits per heavy atom. The fraction of sp³-hybridized carbons (Fsp3) is 0.462. The molecule has 0 radical (unpaired) electrons. The number of rotatable bonds is 9. The van der Waals surface area contributed by atoms with Gasteiger partial charge in [0.15, 0.2) is 0 Å². The van der Waals surface area contributed by atoms with Crippen LogP contribution in [-0.2, 0) is 9.53 Å². The second-order valence-electron chi connectivity index (χ2n) is 8.84. The molecule has 196 valence electrons. The summed E-state index contributed by atoms with van der Waals surface area (Å²) in [5.74, 6) is -0.301. The van der Waals surface area contributed by atoms with Crippen LogP contribution < -0.4 is 10.6 Å². The minimum Gasteiger partial charge on any atom is -0.379 e. The quantitative estimate of drug-likeness (QED) is 0.476. The van der Waals surface area contributed by atoms with Gasteiger partial charge in [0.25, 0.3) is 0 Å². The van der Waals surface area contributed by atoms with Crippen LogP contribution in [0.3, 0.4) is 0 Å². The number of amides is 1. The lowest BCUT2D eigenvalue weighted by Gasteiger charge is -2.33. The van der Waals surface area contributed by atoms with Crippen LogP contribution in [-0.4, -0.2) is 73.6 Å². The number of hydrogen-bond acceptors (Lipinski definition) is 5. The monoisotopic (exact) mass is 508 g/mol. The standard InChI is InChI=1S/C26H32F4N4O2/c1-5-36-17(3)25(35)31-12-7-8-18-14-20-19(24(32-18)16(2)26(28,29)30)9-6-10-22(20)33-23-11-13-34(4)15-21(23)27/h6-10,14,17,21,23,33H,2,5,11-13,15H2,1,3-4H3,(H,31,35)/b8-7+/t17?,21-,23+/m0/s1. The predicted molar refractivity (Wildman–Crippen MR) is 134 cm³/mol. The third-order valence-corrected chi connectivity index (χ3v) is 6.08. The number of anilines is 1. The van der Waals surface area contributed by atoms with E-state index in [1.807, 2.05) is 11.9 Å². The number of piperidine rings is 1. The number of nitrogens with zero attached hydrogens (tertiary/aromatic N) is 2. The molecule has 0 bridgehead atoms. The molecule has 3 rings (SSSR count). The molecule has 1 aliphatic heterocycles. The summed E-state index contributed by atoms with van der Waals surface area (Å²) in [7, 11) is 1.85. The predicted octanol–water partition coefficient (Wildman–Crippen LogP) is 4.82. The van der Waals surface area contributed by atoms with Gasteiger partial charge in [0, 0.05) is 42.7 Å². The second kappa shape index (κ2) is 11.8. The third-order valence-electron chi connectivity index (χ3n) is 6.08. The zero-order valence-electron chi connectivity index (χ0n) is 20.7. The van der Waals surface area contributed by atoms with Crippen LogP contribution in [0.25, 0.3) is 22.4 Å². The van der Waals surface area contributed by atoms with Crippen molar-refractivity contribution in [2.24, 2.45) is 0 Å². The minimum absolute atomic E-state index is 0.143. The number of pyridine rings is 1. The molecule has 1 fully saturated rings. The van der Waals surface area contributed by atoms with Crippen molar-refractivity contribution < 1.29 is 27.1 Å². The van der Waals surface area contributed by atoms with Crippen LogP contribution in [0.15, 0.2) is 36.9 Å². The molecule has 2 aromatic rings. The molecule has 3 atom stereocenters. The number of allylic oxidation sites excluding steroid dienone is 1. The van der Waals surface area contributed by atoms with Crippen LogP contribution in [0.1, 0.15) is 31.7 Å². The minimum atomic E-state index is -4.67. The number of ether oxygens (including phenoxy) is 1. The summed E-state index contributed by atoms with van der Waals surface area (Å²) in [6.45, 7) is 8.18. The lowest BCUT2D eigenvalue weighted by molar-refractivity contribution is -0.131. The number of aromatic nitrogens is 1. The van der Waals surface area contributed by atoms with Crippen molar-refractivity contribution in [3.05, 3.63) is 48.3 Å². The Bertz CT molecular complexity index is 1120. The van der Waals surface area contributed by atoms with Crippen molar-refractivity contribution in [2.45, 2.75) is 44.8 Å². The molecule has 10 heteroatoms. The number of likely N-dealkylation sites (tertiary alicyclic amines) is 1. The Morgan fingerprint density at radius 2 is 2.11 bits per heavy atom. The summed E-state index contributed by atoms with van der Waals surface area (Å²) in [6, 6.07) is 6.07. The molecule has 1 aromatic heterocycles. The van der Waals surface area contributed by atoms with E-state index in [2.05, 4.69) is 22.2 Å². The van der Waals surface area contributed by atoms with E-state index in [0.717, 1.165) is 0 Å². The van der Waals surface area contributed by atoms with Gasteiger partial charge in [-0.1, -0.05) is 24.8 Å². The molecular formula is C26H32F4N4O2. The zero-order chi connectivity index (χ0) is 26.5. The number of alkyl halides is 4. The molecule has 36 heavy (non-hydrogen) atoms. The van der Waals surface area contributed by atoms with Crippen molar-refractivity contribution in [1.82, 2.24) is 15.2 Å². The topological polar surface area (TPSA) is 66.5 Å². The van der Waals surface area contributed by atoms with E-state index in [1.165, 1.54) is 6.08 Å². The number of hydrogen-bond donors (Lipinski definition) is 2. The van der Waals surface area contributed by atoms with Gasteiger partial charge in [-0.15, -0.1) is 0 Å². The van der Waals surface area contributed by atoms with Gasteiger partial charge >= 0.3 is 6.18 Å². The van der Waals surface area contributed by atoms with E-state index in [-0.39, 0.29) is 35.8 Å². The van der Waals surface area contributed by atoms with Crippen LogP contribution in [0.5, 0.6) is 0 Å². The Labute approximate surface area is 208 Å². The summed E-state index contributed by atoms with van der Waals surface area (Å²) >= 11 is 0. The van der Waals surface area contributed by atoms with E-state index in [0.29, 0.717) is 30.6 Å². The highest BCUT2D eigenvalue weighted by atomic mass is 19.4. The first-order valence-corrected chi connectivity index (χ1v) is 11.9. The van der Waals surface area contributed by atoms with E-state index < -0.39 is 30.1 Å². The van der Waals surface area contributed by atoms with Crippen LogP contribution >= 0.6 is 0 Å². The summed E-state index contributed by atoms with van der Waals surface area (Å²) in [6.07, 6.45) is -2.72. The molecule has 2 N–H and O–H groups in total. The largest absolute Gasteiger partial charge is 0.417 e. The summed E-state index contributed by atoms with van der Waals surface area (Å²) in [4.78, 5) is 18.1. The van der Waals surface area contributed by atoms with Gasteiger partial charge in [-0.2, -0.15) is 13.2 Å². The van der Waals surface area contributed by atoms with Gasteiger partial charge in [0.05, 0.1) is 23.0 Å². The van der Waals surface area contributed by atoms with Gasteiger partial charge in [0.1, 0.15) is 12.3 Å². The number of carbonyl (C=O) groups excluding carboxylic acids is 1. The molecule has 1 saturated heterocycles. The number of fused-ring (bicyclic) bond motifs is 1. The highest BCUT2D eigenvalue weighted by molar-refractivity contribution is 6.00. The zero-order valence-corrected chi connectivity index (χ0v) is 20.7. The molecule has 0 saturated carbocycles. The molecule has 1 aliphatic rings. The van der Waals surface area contributed by atoms with Crippen molar-refractivity contribution in [3.63, 3.8) is 0 Å². The SMILES string of the molecule is C=C(c1nc(/C=C/CNC(=O)C(C)OCC)cc2c(N[C@@H]3CCN(C)C[C@@H]3F)cccc12)C(F)(F)F. The second-order valence-corrected chi connectivity index (χ2v) is 8.84. The molecule has 2 heterocycles. The van der Waals surface area contributed by atoms with E-state index in [4.69, 9.17) is 4.74 Å². The van der Waals surface area contributed by atoms with Crippen LogP contribution in [0.4, 0.5) is 23.2 Å². The number of carbonyl (C=O) groups is 1. The number of nitrogens with one attached hydrogen (secondary N) is 2. The fourth-order valence-corrected chi connectivity index (χ4v) is 4.10. The Balaban J connectivity index is 1.93. The number of halogens is 4. The smallest absolute Gasteiger partial charge is 0.379 e. The summed E-state index contributed by atoms with van der Waals surface area (Å²) in [5, 5.41) is 6.62. The highest BCUT2D eigenvalue weighted by Gasteiger charge is 2.35. The van der Waals surface area contributed by atoms with E-state index in [1.54, 1.807) is 44.2 Å². The molecular weight excluding hydrogens is 476 g/mol. The lowest BCUT2D eigenvalue weighted by atomic mass is 9.99. The lowest BCUT2D eigenvalue weighted by Crippen LogP contribution is -2.46. The van der Waals surface area contributed by atoms with E-state index >= 15 is 0 Å². The first kappa shape index (κ1) is 27.6. The Morgan fingerprint density at radius 3 is 2.78 bits per heavy atom. The number of benzene rings is 1. The summed E-state index contributed by atoms with van der Waals surface area (Å²) in [5.41, 5.74) is -0.583. The van der Waals surface area contributed by atoms with Crippen molar-refractivity contribution in [3.8, 4) is 0 Å². The molecule has 6 nitrogen and oxygen atoms in total. The van der Waals surface area contributed by atoms with Crippen molar-refractivity contribution >= 4 is 34.0 Å². The first-order chi connectivity index (χ1) is 17.0. The summed E-state index contributed by atoms with van der Waals surface area (Å²) < 4.78 is 60.7. The van der Waals surface area contributed by atoms with Crippen molar-refractivity contribution in [1.29, 1.82) is 0 Å². The van der Waals surface area contributed by atoms with Gasteiger partial charge in [0.2, 0.25) is 5.91 Å². The van der Waals surface area contributed by atoms with Crippen LogP contribution in [0, 0.1) is 0 Å². The average Bonchev–Trinajstić information content (AvgIpc) is 2.82. The average molecular weight is 509 g/mol. The van der Waals surface area contributed by atoms with Crippen molar-refractivity contribution in [2.75, 3.05) is 38.6 Å². The molecule has 0 aliphatic carbocycles. The Hall–Kier alpha value is -2.98. The third kappa shape index (κ3) is 6.82. The van der Waals surface area contributed by atoms with Crippen LogP contribution in [0.2, 0.25) is 0 Å². The van der Waals surface area contributed by atoms with Gasteiger partial charge in [-0.3, -0.25) is 4.79 Å². The molecule has 1 aromatic carbocycles.